The Bertz CT molecular complexity index is 413. The van der Waals surface area contributed by atoms with Crippen LogP contribution in [0.3, 0.4) is 0 Å². The first-order valence-electron chi connectivity index (χ1n) is 5.92. The van der Waals surface area contributed by atoms with Crippen molar-refractivity contribution in [1.82, 2.24) is 0 Å². The number of carboxylic acids is 1. The highest BCUT2D eigenvalue weighted by Crippen LogP contribution is 2.31. The van der Waals surface area contributed by atoms with Crippen molar-refractivity contribution < 1.29 is 19.4 Å². The van der Waals surface area contributed by atoms with Gasteiger partial charge in [-0.25, -0.2) is 0 Å². The van der Waals surface area contributed by atoms with Crippen LogP contribution in [-0.4, -0.2) is 24.2 Å². The number of aliphatic carboxylic acids is 1. The van der Waals surface area contributed by atoms with Crippen LogP contribution in [0.1, 0.15) is 25.3 Å². The first-order chi connectivity index (χ1) is 8.56. The maximum Gasteiger partial charge on any atom is 0.323 e. The molecule has 1 aromatic rings. The van der Waals surface area contributed by atoms with E-state index in [9.17, 15) is 14.7 Å². The van der Waals surface area contributed by atoms with Crippen LogP contribution in [0, 0.1) is 5.41 Å². The van der Waals surface area contributed by atoms with Gasteiger partial charge in [-0.15, -0.1) is 0 Å². The number of hydrogen-bond donors (Lipinski definition) is 1. The molecule has 0 bridgehead atoms. The summed E-state index contributed by atoms with van der Waals surface area (Å²) in [5, 5.41) is 9.42. The summed E-state index contributed by atoms with van der Waals surface area (Å²) >= 11 is 0. The molecule has 18 heavy (non-hydrogen) atoms. The van der Waals surface area contributed by atoms with E-state index in [1.54, 1.807) is 0 Å². The minimum absolute atomic E-state index is 0.156. The van der Waals surface area contributed by atoms with E-state index in [1.165, 1.54) is 7.11 Å². The third-order valence-corrected chi connectivity index (χ3v) is 3.01. The number of benzene rings is 1. The fourth-order valence-electron chi connectivity index (χ4n) is 2.10. The fraction of sp³-hybridized carbons (Fsp3) is 0.429. The third-order valence-electron chi connectivity index (χ3n) is 3.01. The van der Waals surface area contributed by atoms with Crippen LogP contribution in [0.15, 0.2) is 30.3 Å². The molecule has 0 heterocycles. The molecule has 1 aromatic carbocycles. The summed E-state index contributed by atoms with van der Waals surface area (Å²) in [4.78, 5) is 23.4. The zero-order valence-corrected chi connectivity index (χ0v) is 10.7. The highest BCUT2D eigenvalue weighted by atomic mass is 16.5. The Kier molecular flexibility index (Phi) is 4.89. The Morgan fingerprint density at radius 1 is 1.28 bits per heavy atom. The van der Waals surface area contributed by atoms with E-state index in [0.29, 0.717) is 6.42 Å². The molecule has 1 N–H and O–H groups in total. The van der Waals surface area contributed by atoms with Crippen LogP contribution in [0.2, 0.25) is 0 Å². The number of carboxylic acid groups (broad SMARTS) is 1. The quantitative estimate of drug-likeness (QED) is 0.621. The number of carbonyl (C=O) groups excluding carboxylic acids is 1. The molecule has 0 aromatic heterocycles. The van der Waals surface area contributed by atoms with Crippen molar-refractivity contribution in [1.29, 1.82) is 0 Å². The van der Waals surface area contributed by atoms with E-state index in [-0.39, 0.29) is 12.8 Å². The van der Waals surface area contributed by atoms with Crippen molar-refractivity contribution in [3.63, 3.8) is 0 Å². The highest BCUT2D eigenvalue weighted by Gasteiger charge is 2.46. The topological polar surface area (TPSA) is 63.6 Å². The molecule has 1 rings (SSSR count). The lowest BCUT2D eigenvalue weighted by Gasteiger charge is -2.26. The van der Waals surface area contributed by atoms with Gasteiger partial charge in [0.05, 0.1) is 7.11 Å². The van der Waals surface area contributed by atoms with Crippen LogP contribution in [0.4, 0.5) is 0 Å². The number of esters is 1. The Labute approximate surface area is 107 Å². The molecule has 0 aliphatic rings. The van der Waals surface area contributed by atoms with Crippen molar-refractivity contribution in [2.75, 3.05) is 7.11 Å². The van der Waals surface area contributed by atoms with Gasteiger partial charge in [-0.05, 0) is 18.4 Å². The Morgan fingerprint density at radius 2 is 1.89 bits per heavy atom. The average Bonchev–Trinajstić information content (AvgIpc) is 2.38. The lowest BCUT2D eigenvalue weighted by atomic mass is 9.78. The number of ether oxygens (including phenoxy) is 1. The zero-order valence-electron chi connectivity index (χ0n) is 10.7. The zero-order chi connectivity index (χ0) is 13.6. The average molecular weight is 250 g/mol. The molecule has 4 nitrogen and oxygen atoms in total. The van der Waals surface area contributed by atoms with E-state index in [2.05, 4.69) is 4.74 Å². The van der Waals surface area contributed by atoms with Gasteiger partial charge in [-0.1, -0.05) is 43.7 Å². The number of methoxy groups -OCH3 is 1. The molecule has 0 spiro atoms. The summed E-state index contributed by atoms with van der Waals surface area (Å²) in [5.74, 6) is -1.80. The maximum absolute atomic E-state index is 11.9. The summed E-state index contributed by atoms with van der Waals surface area (Å²) in [5.41, 5.74) is -0.663. The molecule has 1 atom stereocenters. The Balaban J connectivity index is 3.10. The molecule has 0 aliphatic heterocycles. The molecule has 4 heteroatoms. The predicted molar refractivity (Wildman–Crippen MR) is 67.1 cm³/mol. The molecule has 0 saturated carbocycles. The van der Waals surface area contributed by atoms with Crippen molar-refractivity contribution in [3.05, 3.63) is 35.9 Å². The second-order valence-corrected chi connectivity index (χ2v) is 4.29. The molecule has 0 aliphatic carbocycles. The number of rotatable bonds is 6. The van der Waals surface area contributed by atoms with Gasteiger partial charge in [0, 0.05) is 0 Å². The van der Waals surface area contributed by atoms with E-state index < -0.39 is 17.4 Å². The Hall–Kier alpha value is -1.84. The third kappa shape index (κ3) is 2.88. The minimum atomic E-state index is -1.48. The molecule has 0 amide bonds. The van der Waals surface area contributed by atoms with E-state index >= 15 is 0 Å². The minimum Gasteiger partial charge on any atom is -0.480 e. The van der Waals surface area contributed by atoms with Gasteiger partial charge in [0.25, 0.3) is 0 Å². The van der Waals surface area contributed by atoms with Crippen LogP contribution < -0.4 is 0 Å². The van der Waals surface area contributed by atoms with Gasteiger partial charge in [0.2, 0.25) is 0 Å². The monoisotopic (exact) mass is 250 g/mol. The van der Waals surface area contributed by atoms with Gasteiger partial charge in [-0.2, -0.15) is 0 Å². The molecule has 98 valence electrons. The first-order valence-corrected chi connectivity index (χ1v) is 5.92. The molecule has 0 radical (unpaired) electrons. The number of hydrogen-bond acceptors (Lipinski definition) is 3. The first kappa shape index (κ1) is 14.2. The smallest absolute Gasteiger partial charge is 0.323 e. The molecular formula is C14H18O4. The Morgan fingerprint density at radius 3 is 2.33 bits per heavy atom. The van der Waals surface area contributed by atoms with Crippen molar-refractivity contribution >= 4 is 11.9 Å². The maximum atomic E-state index is 11.9. The summed E-state index contributed by atoms with van der Waals surface area (Å²) in [7, 11) is 1.22. The fourth-order valence-corrected chi connectivity index (χ4v) is 2.10. The standard InChI is InChI=1S/C14H18O4/c1-3-9-14(12(15)16,13(17)18-2)10-11-7-5-4-6-8-11/h4-8H,3,9-10H2,1-2H3,(H,15,16)/t14-/m1/s1. The van der Waals surface area contributed by atoms with Crippen molar-refractivity contribution in [2.24, 2.45) is 5.41 Å². The van der Waals surface area contributed by atoms with Gasteiger partial charge < -0.3 is 9.84 Å². The second kappa shape index (κ2) is 6.19. The van der Waals surface area contributed by atoms with Crippen LogP contribution >= 0.6 is 0 Å². The van der Waals surface area contributed by atoms with E-state index in [1.807, 2.05) is 37.3 Å². The summed E-state index contributed by atoms with van der Waals surface area (Å²) in [6.45, 7) is 1.85. The predicted octanol–water partition coefficient (Wildman–Crippen LogP) is 2.27. The summed E-state index contributed by atoms with van der Waals surface area (Å²) in [6.07, 6.45) is 1.03. The molecule has 0 unspecified atom stereocenters. The largest absolute Gasteiger partial charge is 0.480 e. The van der Waals surface area contributed by atoms with Gasteiger partial charge >= 0.3 is 11.9 Å². The van der Waals surface area contributed by atoms with Gasteiger partial charge in [-0.3, -0.25) is 9.59 Å². The lowest BCUT2D eigenvalue weighted by molar-refractivity contribution is -0.167. The normalized spacial score (nSPS) is 13.7. The number of carbonyl (C=O) groups is 2. The van der Waals surface area contributed by atoms with Crippen molar-refractivity contribution in [3.8, 4) is 0 Å². The molecule has 0 fully saturated rings. The second-order valence-electron chi connectivity index (χ2n) is 4.29. The van der Waals surface area contributed by atoms with Gasteiger partial charge in [0.15, 0.2) is 5.41 Å². The van der Waals surface area contributed by atoms with E-state index in [0.717, 1.165) is 5.56 Å². The van der Waals surface area contributed by atoms with Crippen LogP contribution in [0.25, 0.3) is 0 Å². The van der Waals surface area contributed by atoms with Crippen LogP contribution in [0.5, 0.6) is 0 Å². The van der Waals surface area contributed by atoms with E-state index in [4.69, 9.17) is 0 Å². The van der Waals surface area contributed by atoms with Gasteiger partial charge in [0.1, 0.15) is 0 Å². The lowest BCUT2D eigenvalue weighted by Crippen LogP contribution is -2.42. The molecule has 0 saturated heterocycles. The van der Waals surface area contributed by atoms with Crippen molar-refractivity contribution in [2.45, 2.75) is 26.2 Å². The van der Waals surface area contributed by atoms with Crippen LogP contribution in [-0.2, 0) is 20.7 Å². The SMILES string of the molecule is CCC[C@@](Cc1ccccc1)(C(=O)O)C(=O)OC. The summed E-state index contributed by atoms with van der Waals surface area (Å²) in [6, 6.07) is 9.13. The summed E-state index contributed by atoms with van der Waals surface area (Å²) < 4.78 is 4.68. The molecular weight excluding hydrogens is 232 g/mol. The highest BCUT2D eigenvalue weighted by molar-refractivity contribution is 5.99.